The minimum absolute atomic E-state index is 0.139. The lowest BCUT2D eigenvalue weighted by molar-refractivity contribution is 0.576. The molecule has 24 heavy (non-hydrogen) atoms. The Bertz CT molecular complexity index is 1080. The second-order valence-corrected chi connectivity index (χ2v) is 6.05. The lowest BCUT2D eigenvalue weighted by atomic mass is 10.0. The van der Waals surface area contributed by atoms with Crippen LogP contribution in [0, 0.1) is 5.82 Å². The van der Waals surface area contributed by atoms with Crippen LogP contribution >= 0.6 is 0 Å². The molecule has 4 rings (SSSR count). The van der Waals surface area contributed by atoms with Crippen molar-refractivity contribution < 1.29 is 4.39 Å². The molecule has 0 radical (unpaired) electrons. The first kappa shape index (κ1) is 14.6. The van der Waals surface area contributed by atoms with Crippen molar-refractivity contribution >= 4 is 21.9 Å². The van der Waals surface area contributed by atoms with Crippen LogP contribution < -0.4 is 5.56 Å². The maximum Gasteiger partial charge on any atom is 0.277 e. The third kappa shape index (κ3) is 2.38. The van der Waals surface area contributed by atoms with E-state index >= 15 is 0 Å². The Morgan fingerprint density at radius 3 is 2.79 bits per heavy atom. The Hall–Kier alpha value is -2.95. The highest BCUT2D eigenvalue weighted by Crippen LogP contribution is 2.22. The SMILES string of the molecule is C[C@@H](Cn1cnc2c([nH]c3ccc(F)cc32)c1=O)c1ccccc1. The standard InChI is InChI=1S/C19H16FN3O/c1-12(13-5-3-2-4-6-13)10-23-11-21-17-15-9-14(20)7-8-16(15)22-18(17)19(23)24/h2-9,11-12,22H,10H2,1H3/t12-/m0/s1. The van der Waals surface area contributed by atoms with Crippen LogP contribution in [-0.4, -0.2) is 14.5 Å². The molecule has 4 aromatic rings. The summed E-state index contributed by atoms with van der Waals surface area (Å²) in [7, 11) is 0. The molecule has 0 fully saturated rings. The van der Waals surface area contributed by atoms with Gasteiger partial charge in [0, 0.05) is 17.4 Å². The summed E-state index contributed by atoms with van der Waals surface area (Å²) in [5.74, 6) is -0.156. The molecule has 1 N–H and O–H groups in total. The van der Waals surface area contributed by atoms with Gasteiger partial charge in [-0.1, -0.05) is 37.3 Å². The third-order valence-electron chi connectivity index (χ3n) is 4.37. The number of nitrogens with zero attached hydrogens (tertiary/aromatic N) is 2. The Morgan fingerprint density at radius 1 is 1.21 bits per heavy atom. The quantitative estimate of drug-likeness (QED) is 0.623. The van der Waals surface area contributed by atoms with Gasteiger partial charge in [-0.2, -0.15) is 0 Å². The van der Waals surface area contributed by atoms with E-state index in [1.54, 1.807) is 17.0 Å². The Kier molecular flexibility index (Phi) is 3.41. The van der Waals surface area contributed by atoms with Crippen LogP contribution in [0.3, 0.4) is 0 Å². The fourth-order valence-electron chi connectivity index (χ4n) is 3.07. The first-order valence-electron chi connectivity index (χ1n) is 7.85. The highest BCUT2D eigenvalue weighted by molar-refractivity contribution is 6.04. The van der Waals surface area contributed by atoms with Gasteiger partial charge in [-0.05, 0) is 29.7 Å². The summed E-state index contributed by atoms with van der Waals surface area (Å²) in [5, 5.41) is 0.630. The molecule has 2 aromatic heterocycles. The first-order chi connectivity index (χ1) is 11.6. The predicted octanol–water partition coefficient (Wildman–Crippen LogP) is 3.82. The number of benzene rings is 2. The molecule has 2 aromatic carbocycles. The van der Waals surface area contributed by atoms with E-state index < -0.39 is 0 Å². The van der Waals surface area contributed by atoms with Crippen molar-refractivity contribution in [3.8, 4) is 0 Å². The van der Waals surface area contributed by atoms with Crippen molar-refractivity contribution in [1.29, 1.82) is 0 Å². The van der Waals surface area contributed by atoms with E-state index in [2.05, 4.69) is 16.9 Å². The van der Waals surface area contributed by atoms with Gasteiger partial charge < -0.3 is 4.98 Å². The van der Waals surface area contributed by atoms with Crippen molar-refractivity contribution in [2.75, 3.05) is 0 Å². The molecule has 0 amide bonds. The van der Waals surface area contributed by atoms with E-state index in [1.165, 1.54) is 17.7 Å². The molecule has 2 heterocycles. The van der Waals surface area contributed by atoms with Crippen molar-refractivity contribution in [2.24, 2.45) is 0 Å². The van der Waals surface area contributed by atoms with Gasteiger partial charge >= 0.3 is 0 Å². The lowest BCUT2D eigenvalue weighted by Gasteiger charge is -2.13. The van der Waals surface area contributed by atoms with E-state index in [-0.39, 0.29) is 17.3 Å². The maximum absolute atomic E-state index is 13.5. The molecular formula is C19H16FN3O. The number of aromatic amines is 1. The monoisotopic (exact) mass is 321 g/mol. The zero-order valence-corrected chi connectivity index (χ0v) is 13.2. The average Bonchev–Trinajstić information content (AvgIpc) is 2.97. The molecule has 4 nitrogen and oxygen atoms in total. The van der Waals surface area contributed by atoms with Gasteiger partial charge in [0.05, 0.1) is 6.33 Å². The van der Waals surface area contributed by atoms with Crippen LogP contribution in [0.1, 0.15) is 18.4 Å². The largest absolute Gasteiger partial charge is 0.349 e. The Balaban J connectivity index is 1.79. The second-order valence-electron chi connectivity index (χ2n) is 6.05. The molecule has 5 heteroatoms. The predicted molar refractivity (Wildman–Crippen MR) is 92.7 cm³/mol. The number of H-pyrrole nitrogens is 1. The number of rotatable bonds is 3. The number of fused-ring (bicyclic) bond motifs is 3. The lowest BCUT2D eigenvalue weighted by Crippen LogP contribution is -2.23. The fraction of sp³-hybridized carbons (Fsp3) is 0.158. The summed E-state index contributed by atoms with van der Waals surface area (Å²) in [6.07, 6.45) is 1.54. The van der Waals surface area contributed by atoms with Gasteiger partial charge in [-0.3, -0.25) is 9.36 Å². The molecule has 0 bridgehead atoms. The van der Waals surface area contributed by atoms with E-state index in [4.69, 9.17) is 0 Å². The van der Waals surface area contributed by atoms with E-state index in [0.717, 1.165) is 0 Å². The number of aromatic nitrogens is 3. The molecule has 0 aliphatic heterocycles. The Labute approximate surface area is 137 Å². The van der Waals surface area contributed by atoms with Crippen LogP contribution in [0.2, 0.25) is 0 Å². The smallest absolute Gasteiger partial charge is 0.277 e. The van der Waals surface area contributed by atoms with Crippen LogP contribution in [-0.2, 0) is 6.54 Å². The summed E-state index contributed by atoms with van der Waals surface area (Å²) >= 11 is 0. The highest BCUT2D eigenvalue weighted by atomic mass is 19.1. The summed E-state index contributed by atoms with van der Waals surface area (Å²) in [4.78, 5) is 20.2. The fourth-order valence-corrected chi connectivity index (χ4v) is 3.07. The Morgan fingerprint density at radius 2 is 2.00 bits per heavy atom. The minimum Gasteiger partial charge on any atom is -0.349 e. The zero-order chi connectivity index (χ0) is 16.7. The van der Waals surface area contributed by atoms with Crippen molar-refractivity contribution in [3.63, 3.8) is 0 Å². The van der Waals surface area contributed by atoms with Crippen molar-refractivity contribution in [2.45, 2.75) is 19.4 Å². The van der Waals surface area contributed by atoms with Gasteiger partial charge in [0.25, 0.3) is 5.56 Å². The summed E-state index contributed by atoms with van der Waals surface area (Å²) in [5.41, 5.74) is 2.67. The minimum atomic E-state index is -0.341. The van der Waals surface area contributed by atoms with Gasteiger partial charge in [0.2, 0.25) is 0 Å². The van der Waals surface area contributed by atoms with Crippen molar-refractivity contribution in [1.82, 2.24) is 14.5 Å². The third-order valence-corrected chi connectivity index (χ3v) is 4.37. The molecular weight excluding hydrogens is 305 g/mol. The van der Waals surface area contributed by atoms with Gasteiger partial charge in [-0.15, -0.1) is 0 Å². The topological polar surface area (TPSA) is 50.7 Å². The molecule has 0 unspecified atom stereocenters. The molecule has 0 aliphatic rings. The second kappa shape index (κ2) is 5.60. The molecule has 0 aliphatic carbocycles. The number of halogens is 1. The highest BCUT2D eigenvalue weighted by Gasteiger charge is 2.13. The van der Waals surface area contributed by atoms with E-state index in [0.29, 0.717) is 28.5 Å². The van der Waals surface area contributed by atoms with Gasteiger partial charge in [-0.25, -0.2) is 9.37 Å². The van der Waals surface area contributed by atoms with Crippen molar-refractivity contribution in [3.05, 3.63) is 76.6 Å². The average molecular weight is 321 g/mol. The van der Waals surface area contributed by atoms with Gasteiger partial charge in [0.15, 0.2) is 0 Å². The zero-order valence-electron chi connectivity index (χ0n) is 13.2. The molecule has 0 spiro atoms. The number of hydrogen-bond donors (Lipinski definition) is 1. The first-order valence-corrected chi connectivity index (χ1v) is 7.85. The molecule has 1 atom stereocenters. The number of hydrogen-bond acceptors (Lipinski definition) is 2. The molecule has 0 saturated carbocycles. The molecule has 120 valence electrons. The van der Waals surface area contributed by atoms with Crippen LogP contribution in [0.4, 0.5) is 4.39 Å². The summed E-state index contributed by atoms with van der Waals surface area (Å²) < 4.78 is 15.1. The normalized spacial score (nSPS) is 12.8. The van der Waals surface area contributed by atoms with E-state index in [1.807, 2.05) is 30.3 Å². The maximum atomic E-state index is 13.5. The van der Waals surface area contributed by atoms with Crippen LogP contribution in [0.5, 0.6) is 0 Å². The van der Waals surface area contributed by atoms with Gasteiger partial charge in [0.1, 0.15) is 16.9 Å². The van der Waals surface area contributed by atoms with Crippen LogP contribution in [0.25, 0.3) is 21.9 Å². The van der Waals surface area contributed by atoms with Crippen LogP contribution in [0.15, 0.2) is 59.7 Å². The molecule has 0 saturated heterocycles. The van der Waals surface area contributed by atoms with E-state index in [9.17, 15) is 9.18 Å². The summed E-state index contributed by atoms with van der Waals surface area (Å²) in [6, 6.07) is 14.4. The summed E-state index contributed by atoms with van der Waals surface area (Å²) in [6.45, 7) is 2.61. The number of nitrogens with one attached hydrogen (secondary N) is 1.